The van der Waals surface area contributed by atoms with Gasteiger partial charge in [-0.3, -0.25) is 9.59 Å². The summed E-state index contributed by atoms with van der Waals surface area (Å²) in [4.78, 5) is 29.1. The van der Waals surface area contributed by atoms with Crippen LogP contribution in [0.1, 0.15) is 10.4 Å². The summed E-state index contributed by atoms with van der Waals surface area (Å²) in [5.41, 5.74) is 1.12. The molecule has 1 aromatic heterocycles. The Morgan fingerprint density at radius 1 is 1.14 bits per heavy atom. The largest absolute Gasteiger partial charge is 0.497 e. The smallest absolute Gasteiger partial charge is 0.325 e. The number of thiazole rings is 1. The second-order valence-electron chi connectivity index (χ2n) is 5.87. The van der Waals surface area contributed by atoms with Crippen molar-refractivity contribution in [3.63, 3.8) is 0 Å². The molecule has 0 aliphatic carbocycles. The van der Waals surface area contributed by atoms with Gasteiger partial charge in [-0.25, -0.2) is 0 Å². The molecule has 0 N–H and O–H groups in total. The Hall–Kier alpha value is -3.33. The van der Waals surface area contributed by atoms with Gasteiger partial charge >= 0.3 is 5.97 Å². The number of ether oxygens (including phenoxy) is 4. The molecule has 144 valence electrons. The molecule has 0 bridgehead atoms. The highest BCUT2D eigenvalue weighted by molar-refractivity contribution is 7.16. The van der Waals surface area contributed by atoms with E-state index in [1.165, 1.54) is 18.4 Å². The molecule has 1 aliphatic heterocycles. The third-order valence-corrected chi connectivity index (χ3v) is 5.27. The molecule has 2 heterocycles. The minimum absolute atomic E-state index is 0.0785. The van der Waals surface area contributed by atoms with E-state index in [9.17, 15) is 9.59 Å². The summed E-state index contributed by atoms with van der Waals surface area (Å²) in [7, 11) is 2.87. The molecule has 1 aliphatic rings. The van der Waals surface area contributed by atoms with Gasteiger partial charge in [-0.05, 0) is 24.3 Å². The molecule has 0 radical (unpaired) electrons. The fraction of sp³-hybridized carbons (Fsp3) is 0.211. The van der Waals surface area contributed by atoms with E-state index in [-0.39, 0.29) is 13.3 Å². The summed E-state index contributed by atoms with van der Waals surface area (Å²) in [5, 5.41) is 0. The summed E-state index contributed by atoms with van der Waals surface area (Å²) in [6.45, 7) is 0.0711. The van der Waals surface area contributed by atoms with Crippen molar-refractivity contribution < 1.29 is 28.5 Å². The molecule has 2 aromatic carbocycles. The zero-order valence-corrected chi connectivity index (χ0v) is 15.9. The molecule has 0 saturated carbocycles. The van der Waals surface area contributed by atoms with E-state index in [1.807, 2.05) is 6.07 Å². The van der Waals surface area contributed by atoms with Crippen LogP contribution in [0.15, 0.2) is 41.4 Å². The van der Waals surface area contributed by atoms with E-state index in [2.05, 4.69) is 4.99 Å². The molecule has 0 fully saturated rings. The lowest BCUT2D eigenvalue weighted by atomic mass is 10.2. The first-order valence-corrected chi connectivity index (χ1v) is 9.13. The van der Waals surface area contributed by atoms with E-state index < -0.39 is 11.9 Å². The number of esters is 1. The van der Waals surface area contributed by atoms with Gasteiger partial charge in [0.05, 0.1) is 24.4 Å². The average molecular weight is 400 g/mol. The fourth-order valence-corrected chi connectivity index (χ4v) is 3.81. The first-order chi connectivity index (χ1) is 13.6. The van der Waals surface area contributed by atoms with Crippen molar-refractivity contribution >= 4 is 33.4 Å². The lowest BCUT2D eigenvalue weighted by Crippen LogP contribution is -2.22. The minimum atomic E-state index is -0.448. The highest BCUT2D eigenvalue weighted by Gasteiger charge is 2.19. The third kappa shape index (κ3) is 3.31. The van der Waals surface area contributed by atoms with Crippen LogP contribution in [0.5, 0.6) is 17.2 Å². The van der Waals surface area contributed by atoms with E-state index in [4.69, 9.17) is 18.9 Å². The zero-order chi connectivity index (χ0) is 19.7. The van der Waals surface area contributed by atoms with Crippen LogP contribution in [0.4, 0.5) is 0 Å². The standard InChI is InChI=1S/C19H16N2O6S/c1-24-12-5-3-11(4-6-12)18(23)20-19-21(9-17(22)25-2)13-7-14-15(27-10-26-14)8-16(13)28-19/h3-8H,9-10H2,1-2H3. The normalized spacial score (nSPS) is 13.0. The molecule has 0 unspecified atom stereocenters. The molecule has 0 spiro atoms. The molecule has 8 nitrogen and oxygen atoms in total. The highest BCUT2D eigenvalue weighted by atomic mass is 32.1. The van der Waals surface area contributed by atoms with Crippen molar-refractivity contribution in [2.75, 3.05) is 21.0 Å². The van der Waals surface area contributed by atoms with Gasteiger partial charge in [0.15, 0.2) is 16.3 Å². The molecule has 0 saturated heterocycles. The van der Waals surface area contributed by atoms with Gasteiger partial charge in [-0.15, -0.1) is 0 Å². The molecule has 28 heavy (non-hydrogen) atoms. The van der Waals surface area contributed by atoms with Gasteiger partial charge < -0.3 is 23.5 Å². The van der Waals surface area contributed by atoms with Crippen LogP contribution in [0.3, 0.4) is 0 Å². The Balaban J connectivity index is 1.81. The number of fused-ring (bicyclic) bond motifs is 2. The maximum absolute atomic E-state index is 12.6. The van der Waals surface area contributed by atoms with Gasteiger partial charge in [0.2, 0.25) is 6.79 Å². The summed E-state index contributed by atoms with van der Waals surface area (Å²) >= 11 is 1.28. The molecule has 4 rings (SSSR count). The molecular formula is C19H16N2O6S. The predicted octanol–water partition coefficient (Wildman–Crippen LogP) is 2.35. The van der Waals surface area contributed by atoms with Crippen LogP contribution >= 0.6 is 11.3 Å². The molecule has 1 amide bonds. The van der Waals surface area contributed by atoms with Crippen molar-refractivity contribution in [1.82, 2.24) is 4.57 Å². The fourth-order valence-electron chi connectivity index (χ4n) is 2.78. The van der Waals surface area contributed by atoms with Crippen LogP contribution < -0.4 is 19.0 Å². The average Bonchev–Trinajstić information content (AvgIpc) is 3.30. The Kier molecular flexibility index (Phi) is 4.74. The van der Waals surface area contributed by atoms with E-state index in [0.717, 1.165) is 4.70 Å². The first-order valence-electron chi connectivity index (χ1n) is 8.32. The molecule has 0 atom stereocenters. The number of carbonyl (C=O) groups is 2. The van der Waals surface area contributed by atoms with Gasteiger partial charge in [0.1, 0.15) is 12.3 Å². The van der Waals surface area contributed by atoms with Crippen molar-refractivity contribution in [2.45, 2.75) is 6.54 Å². The van der Waals surface area contributed by atoms with E-state index in [0.29, 0.717) is 33.1 Å². The quantitative estimate of drug-likeness (QED) is 0.625. The number of amides is 1. The van der Waals surface area contributed by atoms with Crippen molar-refractivity contribution in [1.29, 1.82) is 0 Å². The molecule has 9 heteroatoms. The number of methoxy groups -OCH3 is 2. The van der Waals surface area contributed by atoms with Gasteiger partial charge in [-0.1, -0.05) is 11.3 Å². The van der Waals surface area contributed by atoms with Gasteiger partial charge in [-0.2, -0.15) is 4.99 Å². The van der Waals surface area contributed by atoms with Gasteiger partial charge in [0.25, 0.3) is 5.91 Å². The highest BCUT2D eigenvalue weighted by Crippen LogP contribution is 2.37. The van der Waals surface area contributed by atoms with Crippen LogP contribution in [-0.2, 0) is 16.1 Å². The number of aromatic nitrogens is 1. The summed E-state index contributed by atoms with van der Waals surface area (Å²) in [5.74, 6) is 0.973. The minimum Gasteiger partial charge on any atom is -0.497 e. The van der Waals surface area contributed by atoms with E-state index >= 15 is 0 Å². The van der Waals surface area contributed by atoms with Crippen LogP contribution in [0.25, 0.3) is 10.2 Å². The Morgan fingerprint density at radius 3 is 2.54 bits per heavy atom. The molecule has 3 aromatic rings. The number of benzene rings is 2. The number of hydrogen-bond donors (Lipinski definition) is 0. The van der Waals surface area contributed by atoms with Crippen molar-refractivity contribution in [3.05, 3.63) is 46.8 Å². The second-order valence-corrected chi connectivity index (χ2v) is 6.87. The van der Waals surface area contributed by atoms with Gasteiger partial charge in [0, 0.05) is 17.7 Å². The lowest BCUT2D eigenvalue weighted by molar-refractivity contribution is -0.141. The van der Waals surface area contributed by atoms with Crippen LogP contribution in [0, 0.1) is 0 Å². The monoisotopic (exact) mass is 400 g/mol. The predicted molar refractivity (Wildman–Crippen MR) is 101 cm³/mol. The van der Waals surface area contributed by atoms with E-state index in [1.54, 1.807) is 42.0 Å². The number of nitrogens with zero attached hydrogens (tertiary/aromatic N) is 2. The molecular weight excluding hydrogens is 384 g/mol. The number of carbonyl (C=O) groups excluding carboxylic acids is 2. The lowest BCUT2D eigenvalue weighted by Gasteiger charge is -2.04. The Morgan fingerprint density at radius 2 is 1.86 bits per heavy atom. The maximum atomic E-state index is 12.6. The van der Waals surface area contributed by atoms with Crippen LogP contribution in [0.2, 0.25) is 0 Å². The summed E-state index contributed by atoms with van der Waals surface area (Å²) < 4.78 is 23.2. The Labute approximate surface area is 163 Å². The topological polar surface area (TPSA) is 88.4 Å². The maximum Gasteiger partial charge on any atom is 0.325 e. The Bertz CT molecular complexity index is 1130. The second kappa shape index (κ2) is 7.35. The summed E-state index contributed by atoms with van der Waals surface area (Å²) in [6.07, 6.45) is 0. The third-order valence-electron chi connectivity index (χ3n) is 4.23. The number of hydrogen-bond acceptors (Lipinski definition) is 7. The van der Waals surface area contributed by atoms with Crippen molar-refractivity contribution in [3.8, 4) is 17.2 Å². The SMILES string of the molecule is COC(=O)Cn1c(=NC(=O)c2ccc(OC)cc2)sc2cc3c(cc21)OCO3. The number of rotatable bonds is 4. The zero-order valence-electron chi connectivity index (χ0n) is 15.1. The summed E-state index contributed by atoms with van der Waals surface area (Å²) in [6, 6.07) is 10.2. The first kappa shape index (κ1) is 18.1. The van der Waals surface area contributed by atoms with Crippen LogP contribution in [-0.4, -0.2) is 37.5 Å². The van der Waals surface area contributed by atoms with Crippen molar-refractivity contribution in [2.24, 2.45) is 4.99 Å².